The average Bonchev–Trinajstić information content (AvgIpc) is 2.79. The summed E-state index contributed by atoms with van der Waals surface area (Å²) in [6.45, 7) is -0.112. The van der Waals surface area contributed by atoms with E-state index in [0.29, 0.717) is 5.56 Å². The first-order chi connectivity index (χ1) is 15.6. The number of halogens is 4. The molecule has 0 bridgehead atoms. The Hall–Kier alpha value is -3.14. The monoisotopic (exact) mass is 466 g/mol. The molecule has 2 amide bonds. The van der Waals surface area contributed by atoms with Crippen molar-refractivity contribution in [3.8, 4) is 0 Å². The quantitative estimate of drug-likeness (QED) is 0.680. The predicted molar refractivity (Wildman–Crippen MR) is 109 cm³/mol. The Kier molecular flexibility index (Phi) is 5.81. The molecule has 6 nitrogen and oxygen atoms in total. The van der Waals surface area contributed by atoms with Gasteiger partial charge in [-0.25, -0.2) is 9.18 Å². The fourth-order valence-electron chi connectivity index (χ4n) is 4.64. The Bertz CT molecular complexity index is 1020. The Morgan fingerprint density at radius 3 is 2.24 bits per heavy atom. The number of ether oxygens (including phenoxy) is 1. The molecule has 2 aromatic rings. The number of benzene rings is 2. The first-order valence-electron chi connectivity index (χ1n) is 10.4. The second kappa shape index (κ2) is 8.33. The summed E-state index contributed by atoms with van der Waals surface area (Å²) < 4.78 is 60.7. The smallest absolute Gasteiger partial charge is 0.430 e. The number of piperidine rings is 1. The number of alkyl carbamates (subject to hydrolysis) is 1. The molecule has 2 atom stereocenters. The molecule has 2 N–H and O–H groups in total. The molecular formula is C23H22F4N2O4. The van der Waals surface area contributed by atoms with Crippen LogP contribution in [-0.4, -0.2) is 53.4 Å². The maximum atomic E-state index is 13.9. The van der Waals surface area contributed by atoms with Crippen LogP contribution in [0.2, 0.25) is 0 Å². The fraction of sp³-hybridized carbons (Fsp3) is 0.391. The van der Waals surface area contributed by atoms with E-state index < -0.39 is 40.8 Å². The van der Waals surface area contributed by atoms with Gasteiger partial charge in [0, 0.05) is 44.0 Å². The standard InChI is InChI=1S/C23H22F4N2O4/c24-17-8-6-15(7-9-17)18-14-28-20(31)33-21(18)10-12-29(13-11-21)19(30)22(32,23(25,26)27)16-4-2-1-3-5-16/h1-9,18,32H,10-14H2,(H,28,31)/t18?,22-/m0/s1. The number of carbonyl (C=O) groups is 2. The van der Waals surface area contributed by atoms with Gasteiger partial charge >= 0.3 is 12.3 Å². The summed E-state index contributed by atoms with van der Waals surface area (Å²) in [5.41, 5.74) is -4.63. The largest absolute Gasteiger partial charge is 0.442 e. The third kappa shape index (κ3) is 4.03. The number of rotatable bonds is 3. The molecule has 2 aliphatic heterocycles. The van der Waals surface area contributed by atoms with E-state index in [9.17, 15) is 32.3 Å². The Morgan fingerprint density at radius 2 is 1.67 bits per heavy atom. The van der Waals surface area contributed by atoms with E-state index in [1.54, 1.807) is 12.1 Å². The van der Waals surface area contributed by atoms with Crippen LogP contribution >= 0.6 is 0 Å². The number of nitrogens with zero attached hydrogens (tertiary/aromatic N) is 1. The molecule has 0 aromatic heterocycles. The first-order valence-corrected chi connectivity index (χ1v) is 10.4. The zero-order chi connectivity index (χ0) is 23.9. The van der Waals surface area contributed by atoms with Gasteiger partial charge in [0.25, 0.3) is 11.5 Å². The molecule has 10 heteroatoms. The number of nitrogens with one attached hydrogen (secondary N) is 1. The van der Waals surface area contributed by atoms with Crippen LogP contribution < -0.4 is 5.32 Å². The van der Waals surface area contributed by atoms with Crippen LogP contribution in [0.15, 0.2) is 54.6 Å². The van der Waals surface area contributed by atoms with Crippen LogP contribution in [0.4, 0.5) is 22.4 Å². The van der Waals surface area contributed by atoms with Crippen molar-refractivity contribution in [2.45, 2.75) is 36.1 Å². The molecule has 0 saturated carbocycles. The van der Waals surface area contributed by atoms with E-state index in [1.807, 2.05) is 0 Å². The maximum absolute atomic E-state index is 13.9. The van der Waals surface area contributed by atoms with Gasteiger partial charge in [0.1, 0.15) is 11.4 Å². The highest BCUT2D eigenvalue weighted by atomic mass is 19.4. The van der Waals surface area contributed by atoms with Gasteiger partial charge in [-0.3, -0.25) is 4.79 Å². The van der Waals surface area contributed by atoms with E-state index in [2.05, 4.69) is 5.32 Å². The minimum Gasteiger partial charge on any atom is -0.442 e. The molecule has 33 heavy (non-hydrogen) atoms. The van der Waals surface area contributed by atoms with Gasteiger partial charge in [0.2, 0.25) is 0 Å². The second-order valence-electron chi connectivity index (χ2n) is 8.31. The summed E-state index contributed by atoms with van der Waals surface area (Å²) >= 11 is 0. The van der Waals surface area contributed by atoms with Gasteiger partial charge in [-0.1, -0.05) is 42.5 Å². The zero-order valence-electron chi connectivity index (χ0n) is 17.4. The Morgan fingerprint density at radius 1 is 1.06 bits per heavy atom. The number of amides is 2. The van der Waals surface area contributed by atoms with Crippen molar-refractivity contribution in [2.24, 2.45) is 0 Å². The lowest BCUT2D eigenvalue weighted by molar-refractivity contribution is -0.262. The number of aliphatic hydroxyl groups is 1. The molecule has 4 rings (SSSR count). The van der Waals surface area contributed by atoms with Crippen molar-refractivity contribution >= 4 is 12.0 Å². The lowest BCUT2D eigenvalue weighted by Gasteiger charge is -2.49. The van der Waals surface area contributed by atoms with E-state index in [1.165, 1.54) is 30.3 Å². The third-order valence-corrected chi connectivity index (χ3v) is 6.46. The fourth-order valence-corrected chi connectivity index (χ4v) is 4.64. The summed E-state index contributed by atoms with van der Waals surface area (Å²) in [5.74, 6) is -2.29. The molecule has 1 unspecified atom stereocenters. The molecule has 2 fully saturated rings. The lowest BCUT2D eigenvalue weighted by Crippen LogP contribution is -2.62. The van der Waals surface area contributed by atoms with Gasteiger partial charge in [-0.05, 0) is 17.7 Å². The number of hydrogen-bond acceptors (Lipinski definition) is 4. The Labute approximate surface area is 187 Å². The normalized spacial score (nSPS) is 22.3. The van der Waals surface area contributed by atoms with E-state index in [0.717, 1.165) is 17.0 Å². The summed E-state index contributed by atoms with van der Waals surface area (Å²) in [5, 5.41) is 13.2. The minimum atomic E-state index is -5.24. The van der Waals surface area contributed by atoms with Crippen molar-refractivity contribution in [3.63, 3.8) is 0 Å². The SMILES string of the molecule is O=C1NCC(c2ccc(F)cc2)C2(CCN(C(=O)[C@@](O)(c3ccccc3)C(F)(F)F)CC2)O1. The topological polar surface area (TPSA) is 78.9 Å². The highest BCUT2D eigenvalue weighted by molar-refractivity contribution is 5.87. The maximum Gasteiger partial charge on any atom is 0.430 e. The van der Waals surface area contributed by atoms with Crippen LogP contribution in [0.1, 0.15) is 29.9 Å². The third-order valence-electron chi connectivity index (χ3n) is 6.46. The number of carbonyl (C=O) groups excluding carboxylic acids is 2. The summed E-state index contributed by atoms with van der Waals surface area (Å²) in [7, 11) is 0. The highest BCUT2D eigenvalue weighted by Crippen LogP contribution is 2.45. The molecule has 2 heterocycles. The van der Waals surface area contributed by atoms with E-state index in [-0.39, 0.29) is 38.4 Å². The molecule has 2 saturated heterocycles. The molecule has 1 spiro atoms. The van der Waals surface area contributed by atoms with Crippen molar-refractivity contribution in [1.29, 1.82) is 0 Å². The van der Waals surface area contributed by atoms with Gasteiger partial charge in [0.05, 0.1) is 0 Å². The van der Waals surface area contributed by atoms with Crippen molar-refractivity contribution in [3.05, 3.63) is 71.5 Å². The molecule has 2 aromatic carbocycles. The highest BCUT2D eigenvalue weighted by Gasteiger charge is 2.62. The average molecular weight is 466 g/mol. The first kappa shape index (κ1) is 23.0. The summed E-state index contributed by atoms with van der Waals surface area (Å²) in [6.07, 6.45) is -5.77. The van der Waals surface area contributed by atoms with Gasteiger partial charge in [0.15, 0.2) is 0 Å². The van der Waals surface area contributed by atoms with Crippen LogP contribution in [0.5, 0.6) is 0 Å². The summed E-state index contributed by atoms with van der Waals surface area (Å²) in [6, 6.07) is 11.9. The zero-order valence-corrected chi connectivity index (χ0v) is 17.4. The Balaban J connectivity index is 1.59. The van der Waals surface area contributed by atoms with Gasteiger partial charge < -0.3 is 20.1 Å². The second-order valence-corrected chi connectivity index (χ2v) is 8.31. The van der Waals surface area contributed by atoms with Crippen LogP contribution in [0, 0.1) is 5.82 Å². The number of alkyl halides is 3. The number of likely N-dealkylation sites (tertiary alicyclic amines) is 1. The molecule has 0 aliphatic carbocycles. The predicted octanol–water partition coefficient (Wildman–Crippen LogP) is 3.46. The van der Waals surface area contributed by atoms with Gasteiger partial charge in [-0.15, -0.1) is 0 Å². The van der Waals surface area contributed by atoms with Crippen LogP contribution in [-0.2, 0) is 15.1 Å². The summed E-state index contributed by atoms with van der Waals surface area (Å²) in [4.78, 5) is 25.9. The van der Waals surface area contributed by atoms with E-state index >= 15 is 0 Å². The van der Waals surface area contributed by atoms with Crippen molar-refractivity contribution in [2.75, 3.05) is 19.6 Å². The van der Waals surface area contributed by atoms with Crippen LogP contribution in [0.3, 0.4) is 0 Å². The minimum absolute atomic E-state index is 0.0664. The number of hydrogen-bond donors (Lipinski definition) is 2. The van der Waals surface area contributed by atoms with E-state index in [4.69, 9.17) is 4.74 Å². The van der Waals surface area contributed by atoms with Crippen molar-refractivity contribution < 1.29 is 37.0 Å². The molecular weight excluding hydrogens is 444 g/mol. The lowest BCUT2D eigenvalue weighted by atomic mass is 9.74. The van der Waals surface area contributed by atoms with Gasteiger partial charge in [-0.2, -0.15) is 13.2 Å². The molecule has 0 radical (unpaired) electrons. The molecule has 2 aliphatic rings. The van der Waals surface area contributed by atoms with Crippen molar-refractivity contribution in [1.82, 2.24) is 10.2 Å². The van der Waals surface area contributed by atoms with Crippen LogP contribution in [0.25, 0.3) is 0 Å². The molecule has 176 valence electrons.